The molecule has 1 heterocycles. The van der Waals surface area contributed by atoms with Crippen LogP contribution in [0.5, 0.6) is 0 Å². The van der Waals surface area contributed by atoms with Crippen LogP contribution in [0.25, 0.3) is 10.1 Å². The largest absolute Gasteiger partial charge is 0.309 e. The van der Waals surface area contributed by atoms with Crippen LogP contribution in [-0.2, 0) is 6.54 Å². The van der Waals surface area contributed by atoms with E-state index in [0.717, 1.165) is 6.54 Å². The molecule has 1 unspecified atom stereocenters. The van der Waals surface area contributed by atoms with Crippen LogP contribution in [0.1, 0.15) is 12.5 Å². The lowest BCUT2D eigenvalue weighted by atomic mass is 10.2. The molecule has 3 heteroatoms. The molecule has 1 N–H and O–H groups in total. The zero-order valence-electron chi connectivity index (χ0n) is 9.69. The molecule has 0 aliphatic rings. The maximum absolute atomic E-state index is 3.56. The average Bonchev–Trinajstić information content (AvgIpc) is 2.70. The Morgan fingerprint density at radius 3 is 3.00 bits per heavy atom. The molecule has 1 aromatic carbocycles. The second-order valence-electron chi connectivity index (χ2n) is 3.99. The van der Waals surface area contributed by atoms with Crippen molar-refractivity contribution in [2.24, 2.45) is 0 Å². The van der Waals surface area contributed by atoms with E-state index in [2.05, 4.69) is 48.1 Å². The van der Waals surface area contributed by atoms with Gasteiger partial charge in [-0.05, 0) is 35.6 Å². The van der Waals surface area contributed by atoms with Crippen molar-refractivity contribution in [2.45, 2.75) is 19.5 Å². The zero-order chi connectivity index (χ0) is 11.4. The normalized spacial score (nSPS) is 13.1. The molecule has 0 bridgehead atoms. The van der Waals surface area contributed by atoms with Crippen molar-refractivity contribution in [3.63, 3.8) is 0 Å². The highest BCUT2D eigenvalue weighted by Gasteiger charge is 2.05. The molecule has 0 amide bonds. The van der Waals surface area contributed by atoms with Crippen LogP contribution in [0.15, 0.2) is 29.6 Å². The average molecular weight is 251 g/mol. The van der Waals surface area contributed by atoms with Gasteiger partial charge in [0, 0.05) is 23.0 Å². The fourth-order valence-electron chi connectivity index (χ4n) is 1.76. The lowest BCUT2D eigenvalue weighted by molar-refractivity contribution is 0.599. The van der Waals surface area contributed by atoms with Crippen molar-refractivity contribution < 1.29 is 0 Å². The molecule has 0 radical (unpaired) electrons. The van der Waals surface area contributed by atoms with Gasteiger partial charge in [-0.1, -0.05) is 18.2 Å². The number of hydrogen-bond acceptors (Lipinski definition) is 3. The van der Waals surface area contributed by atoms with Gasteiger partial charge in [-0.2, -0.15) is 11.8 Å². The minimum atomic E-state index is 0.577. The highest BCUT2D eigenvalue weighted by molar-refractivity contribution is 7.98. The number of thioether (sulfide) groups is 1. The van der Waals surface area contributed by atoms with Gasteiger partial charge in [0.25, 0.3) is 0 Å². The summed E-state index contributed by atoms with van der Waals surface area (Å²) in [6.07, 6.45) is 2.15. The Balaban J connectivity index is 2.04. The molecule has 2 aromatic rings. The van der Waals surface area contributed by atoms with Crippen LogP contribution in [0.4, 0.5) is 0 Å². The van der Waals surface area contributed by atoms with Crippen LogP contribution in [0.2, 0.25) is 0 Å². The lowest BCUT2D eigenvalue weighted by Crippen LogP contribution is -2.27. The molecule has 16 heavy (non-hydrogen) atoms. The number of hydrogen-bond donors (Lipinski definition) is 1. The maximum atomic E-state index is 3.56. The van der Waals surface area contributed by atoms with E-state index in [-0.39, 0.29) is 0 Å². The standard InChI is InChI=1S/C13H17NS2/c1-10(8-15-2)14-7-11-9-16-13-6-4-3-5-12(11)13/h3-6,9-10,14H,7-8H2,1-2H3. The Hall–Kier alpha value is -0.510. The molecular formula is C13H17NS2. The first-order valence-electron chi connectivity index (χ1n) is 5.48. The first-order chi connectivity index (χ1) is 7.81. The van der Waals surface area contributed by atoms with E-state index >= 15 is 0 Å². The van der Waals surface area contributed by atoms with Crippen molar-refractivity contribution in [3.05, 3.63) is 35.2 Å². The third-order valence-electron chi connectivity index (χ3n) is 2.62. The summed E-state index contributed by atoms with van der Waals surface area (Å²) < 4.78 is 1.39. The fourth-order valence-corrected chi connectivity index (χ4v) is 3.34. The van der Waals surface area contributed by atoms with Crippen LogP contribution in [-0.4, -0.2) is 18.1 Å². The van der Waals surface area contributed by atoms with Crippen molar-refractivity contribution in [1.82, 2.24) is 5.32 Å². The number of nitrogens with one attached hydrogen (secondary N) is 1. The number of benzene rings is 1. The SMILES string of the molecule is CSCC(C)NCc1csc2ccccc12. The molecule has 0 saturated heterocycles. The number of thiophene rings is 1. The molecule has 1 nitrogen and oxygen atoms in total. The fraction of sp³-hybridized carbons (Fsp3) is 0.385. The summed E-state index contributed by atoms with van der Waals surface area (Å²) in [5.74, 6) is 1.17. The van der Waals surface area contributed by atoms with E-state index < -0.39 is 0 Å². The zero-order valence-corrected chi connectivity index (χ0v) is 11.3. The molecular weight excluding hydrogens is 234 g/mol. The van der Waals surface area contributed by atoms with E-state index in [1.165, 1.54) is 21.4 Å². The maximum Gasteiger partial charge on any atom is 0.0346 e. The van der Waals surface area contributed by atoms with Gasteiger partial charge in [0.15, 0.2) is 0 Å². The smallest absolute Gasteiger partial charge is 0.0346 e. The quantitative estimate of drug-likeness (QED) is 0.868. The summed E-state index contributed by atoms with van der Waals surface area (Å²) in [7, 11) is 0. The van der Waals surface area contributed by atoms with Crippen LogP contribution in [0, 0.1) is 0 Å². The summed E-state index contributed by atoms with van der Waals surface area (Å²) in [6.45, 7) is 3.22. The van der Waals surface area contributed by atoms with E-state index in [9.17, 15) is 0 Å². The van der Waals surface area contributed by atoms with Gasteiger partial charge in [-0.15, -0.1) is 11.3 Å². The summed E-state index contributed by atoms with van der Waals surface area (Å²) in [6, 6.07) is 9.20. The van der Waals surface area contributed by atoms with Gasteiger partial charge in [-0.25, -0.2) is 0 Å². The Morgan fingerprint density at radius 2 is 2.19 bits per heavy atom. The summed E-state index contributed by atoms with van der Waals surface area (Å²) in [5.41, 5.74) is 1.42. The van der Waals surface area contributed by atoms with Crippen molar-refractivity contribution >= 4 is 33.2 Å². The number of fused-ring (bicyclic) bond motifs is 1. The van der Waals surface area contributed by atoms with Crippen LogP contribution in [0.3, 0.4) is 0 Å². The predicted molar refractivity (Wildman–Crippen MR) is 76.5 cm³/mol. The monoisotopic (exact) mass is 251 g/mol. The van der Waals surface area contributed by atoms with Gasteiger partial charge < -0.3 is 5.32 Å². The molecule has 1 aromatic heterocycles. The second kappa shape index (κ2) is 5.71. The van der Waals surface area contributed by atoms with Gasteiger partial charge in [0.2, 0.25) is 0 Å². The van der Waals surface area contributed by atoms with E-state index in [1.807, 2.05) is 23.1 Å². The first-order valence-corrected chi connectivity index (χ1v) is 7.76. The summed E-state index contributed by atoms with van der Waals surface area (Å²) >= 11 is 3.72. The Kier molecular flexibility index (Phi) is 4.27. The van der Waals surface area contributed by atoms with Crippen molar-refractivity contribution in [1.29, 1.82) is 0 Å². The third kappa shape index (κ3) is 2.78. The first kappa shape index (κ1) is 12.0. The van der Waals surface area contributed by atoms with Crippen LogP contribution >= 0.6 is 23.1 Å². The molecule has 0 saturated carbocycles. The highest BCUT2D eigenvalue weighted by atomic mass is 32.2. The van der Waals surface area contributed by atoms with E-state index in [4.69, 9.17) is 0 Å². The minimum absolute atomic E-state index is 0.577. The Bertz CT molecular complexity index is 450. The molecule has 0 fully saturated rings. The Labute approximate surface area is 105 Å². The summed E-state index contributed by atoms with van der Waals surface area (Å²) in [4.78, 5) is 0. The summed E-state index contributed by atoms with van der Waals surface area (Å²) in [5, 5.41) is 7.23. The van der Waals surface area contributed by atoms with Gasteiger partial charge >= 0.3 is 0 Å². The predicted octanol–water partition coefficient (Wildman–Crippen LogP) is 3.74. The van der Waals surface area contributed by atoms with Crippen LogP contribution < -0.4 is 5.32 Å². The molecule has 0 aliphatic heterocycles. The van der Waals surface area contributed by atoms with Gasteiger partial charge in [0.1, 0.15) is 0 Å². The topological polar surface area (TPSA) is 12.0 Å². The molecule has 0 aliphatic carbocycles. The second-order valence-corrected chi connectivity index (χ2v) is 5.82. The molecule has 86 valence electrons. The van der Waals surface area contributed by atoms with E-state index in [0.29, 0.717) is 6.04 Å². The van der Waals surface area contributed by atoms with Crippen molar-refractivity contribution in [2.75, 3.05) is 12.0 Å². The highest BCUT2D eigenvalue weighted by Crippen LogP contribution is 2.25. The van der Waals surface area contributed by atoms with Gasteiger partial charge in [0.05, 0.1) is 0 Å². The Morgan fingerprint density at radius 1 is 1.38 bits per heavy atom. The third-order valence-corrected chi connectivity index (χ3v) is 4.46. The molecule has 0 spiro atoms. The number of rotatable bonds is 5. The lowest BCUT2D eigenvalue weighted by Gasteiger charge is -2.11. The van der Waals surface area contributed by atoms with Gasteiger partial charge in [-0.3, -0.25) is 0 Å². The minimum Gasteiger partial charge on any atom is -0.309 e. The molecule has 2 rings (SSSR count). The van der Waals surface area contributed by atoms with Crippen molar-refractivity contribution in [3.8, 4) is 0 Å². The molecule has 1 atom stereocenters. The van der Waals surface area contributed by atoms with E-state index in [1.54, 1.807) is 0 Å².